The lowest BCUT2D eigenvalue weighted by Gasteiger charge is -2.56. The molecule has 0 aromatic heterocycles. The molecule has 0 radical (unpaired) electrons. The first-order chi connectivity index (χ1) is 12.8. The van der Waals surface area contributed by atoms with Gasteiger partial charge in [-0.2, -0.15) is 0 Å². The maximum Gasteiger partial charge on any atom is 0.410 e. The number of halogens is 3. The van der Waals surface area contributed by atoms with Gasteiger partial charge in [-0.05, 0) is 55.4 Å². The van der Waals surface area contributed by atoms with Gasteiger partial charge in [0.15, 0.2) is 0 Å². The molecular formula is C20H24Cl3NO3. The van der Waals surface area contributed by atoms with Crippen molar-refractivity contribution >= 4 is 40.9 Å². The van der Waals surface area contributed by atoms with Crippen molar-refractivity contribution in [3.05, 3.63) is 29.3 Å². The molecule has 2 aliphatic carbocycles. The molecule has 0 N–H and O–H groups in total. The predicted molar refractivity (Wildman–Crippen MR) is 107 cm³/mol. The van der Waals surface area contributed by atoms with Crippen LogP contribution in [0.4, 0.5) is 4.79 Å². The summed E-state index contributed by atoms with van der Waals surface area (Å²) in [6, 6.07) is 6.27. The third-order valence-corrected chi connectivity index (χ3v) is 7.14. The van der Waals surface area contributed by atoms with Crippen LogP contribution in [0.15, 0.2) is 18.2 Å². The summed E-state index contributed by atoms with van der Waals surface area (Å²) in [4.78, 5) is 15.0. The molecule has 1 saturated heterocycles. The number of likely N-dealkylation sites (tertiary alicyclic amines) is 1. The third-order valence-electron chi connectivity index (χ3n) is 6.81. The Morgan fingerprint density at radius 2 is 1.96 bits per heavy atom. The van der Waals surface area contributed by atoms with Crippen molar-refractivity contribution in [3.63, 3.8) is 0 Å². The molecule has 4 rings (SSSR count). The lowest BCUT2D eigenvalue weighted by molar-refractivity contribution is -0.0243. The van der Waals surface area contributed by atoms with Crippen molar-refractivity contribution in [2.45, 2.75) is 54.3 Å². The topological polar surface area (TPSA) is 38.8 Å². The Hall–Kier alpha value is -0.840. The summed E-state index contributed by atoms with van der Waals surface area (Å²) in [6.45, 7) is 0.427. The second kappa shape index (κ2) is 6.89. The molecule has 2 fully saturated rings. The van der Waals surface area contributed by atoms with Crippen LogP contribution in [0.3, 0.4) is 0 Å². The van der Waals surface area contributed by atoms with E-state index in [1.54, 1.807) is 7.11 Å². The Balaban J connectivity index is 1.77. The van der Waals surface area contributed by atoms with Gasteiger partial charge >= 0.3 is 6.09 Å². The van der Waals surface area contributed by atoms with E-state index in [2.05, 4.69) is 12.1 Å². The van der Waals surface area contributed by atoms with Crippen molar-refractivity contribution in [3.8, 4) is 5.75 Å². The first kappa shape index (κ1) is 19.5. The Bertz CT molecular complexity index is 750. The number of ether oxygens (including phenoxy) is 2. The number of hydrogen-bond acceptors (Lipinski definition) is 3. The third kappa shape index (κ3) is 3.08. The largest absolute Gasteiger partial charge is 0.497 e. The zero-order valence-electron chi connectivity index (χ0n) is 15.4. The maximum atomic E-state index is 13.1. The summed E-state index contributed by atoms with van der Waals surface area (Å²) < 4.78 is 9.31. The number of hydrogen-bond donors (Lipinski definition) is 0. The van der Waals surface area contributed by atoms with E-state index in [0.29, 0.717) is 6.54 Å². The summed E-state index contributed by atoms with van der Waals surface area (Å²) in [6.07, 6.45) is 7.12. The van der Waals surface area contributed by atoms with Crippen LogP contribution in [0, 0.1) is 5.41 Å². The van der Waals surface area contributed by atoms with Gasteiger partial charge in [-0.1, -0.05) is 53.7 Å². The molecule has 1 aromatic carbocycles. The first-order valence-corrected chi connectivity index (χ1v) is 10.6. The molecule has 0 spiro atoms. The molecule has 1 saturated carbocycles. The minimum atomic E-state index is -1.61. The van der Waals surface area contributed by atoms with Gasteiger partial charge < -0.3 is 9.47 Å². The molecule has 1 amide bonds. The Kier molecular flexibility index (Phi) is 4.97. The van der Waals surface area contributed by atoms with Gasteiger partial charge in [0.05, 0.1) is 12.6 Å². The van der Waals surface area contributed by atoms with E-state index < -0.39 is 3.79 Å². The van der Waals surface area contributed by atoms with Crippen molar-refractivity contribution in [2.24, 2.45) is 5.41 Å². The zero-order valence-corrected chi connectivity index (χ0v) is 17.7. The summed E-state index contributed by atoms with van der Waals surface area (Å²) in [5.74, 6) is 0.825. The zero-order chi connectivity index (χ0) is 19.3. The Morgan fingerprint density at radius 3 is 2.70 bits per heavy atom. The van der Waals surface area contributed by atoms with Gasteiger partial charge in [0.25, 0.3) is 0 Å². The van der Waals surface area contributed by atoms with Gasteiger partial charge in [-0.25, -0.2) is 4.79 Å². The summed E-state index contributed by atoms with van der Waals surface area (Å²) in [7, 11) is 1.68. The molecule has 1 aromatic rings. The number of benzene rings is 1. The van der Waals surface area contributed by atoms with Gasteiger partial charge in [-0.3, -0.25) is 4.90 Å². The van der Waals surface area contributed by atoms with Gasteiger partial charge in [0.1, 0.15) is 12.4 Å². The molecule has 2 atom stereocenters. The van der Waals surface area contributed by atoms with Crippen molar-refractivity contribution in [2.75, 3.05) is 20.3 Å². The molecule has 148 valence electrons. The Labute approximate surface area is 175 Å². The van der Waals surface area contributed by atoms with Crippen LogP contribution in [0.2, 0.25) is 0 Å². The highest BCUT2D eigenvalue weighted by Crippen LogP contribution is 2.65. The van der Waals surface area contributed by atoms with Crippen LogP contribution < -0.4 is 4.74 Å². The molecule has 1 aliphatic heterocycles. The molecule has 0 bridgehead atoms. The highest BCUT2D eigenvalue weighted by Gasteiger charge is 2.64. The normalized spacial score (nSPS) is 29.6. The number of amides is 1. The van der Waals surface area contributed by atoms with Crippen molar-refractivity contribution < 1.29 is 14.3 Å². The van der Waals surface area contributed by atoms with Crippen molar-refractivity contribution in [1.82, 2.24) is 4.90 Å². The van der Waals surface area contributed by atoms with E-state index in [9.17, 15) is 4.79 Å². The van der Waals surface area contributed by atoms with Crippen LogP contribution in [0.25, 0.3) is 0 Å². The lowest BCUT2D eigenvalue weighted by atomic mass is 9.53. The van der Waals surface area contributed by atoms with Crippen molar-refractivity contribution in [1.29, 1.82) is 0 Å². The average Bonchev–Trinajstić information content (AvgIpc) is 3.01. The number of methoxy groups -OCH3 is 1. The Morgan fingerprint density at radius 1 is 1.19 bits per heavy atom. The van der Waals surface area contributed by atoms with E-state index in [1.807, 2.05) is 11.0 Å². The van der Waals surface area contributed by atoms with Gasteiger partial charge in [0.2, 0.25) is 3.79 Å². The van der Waals surface area contributed by atoms with Crippen LogP contribution in [0.5, 0.6) is 5.75 Å². The van der Waals surface area contributed by atoms with E-state index >= 15 is 0 Å². The SMILES string of the molecule is COc1ccc2c(c1)C13CCCCC1(CC2)CCN3C(=O)OCC(Cl)(Cl)Cl. The second-order valence-electron chi connectivity index (χ2n) is 7.94. The monoisotopic (exact) mass is 431 g/mol. The average molecular weight is 433 g/mol. The number of carbonyl (C=O) groups is 1. The molecule has 4 nitrogen and oxygen atoms in total. The standard InChI is InChI=1S/C20H24Cl3NO3/c1-26-15-5-4-14-6-9-18-7-2-3-8-19(18,16(14)12-15)24(11-10-18)17(25)27-13-20(21,22)23/h4-5,12H,2-3,6-11,13H2,1H3. The molecule has 7 heteroatoms. The maximum absolute atomic E-state index is 13.1. The number of fused-ring (bicyclic) bond motifs is 1. The van der Waals surface area contributed by atoms with Gasteiger partial charge in [-0.15, -0.1) is 0 Å². The van der Waals surface area contributed by atoms with E-state index in [4.69, 9.17) is 44.3 Å². The number of rotatable bonds is 2. The number of alkyl halides is 3. The smallest absolute Gasteiger partial charge is 0.410 e. The van der Waals surface area contributed by atoms with Gasteiger partial charge in [0, 0.05) is 12.0 Å². The van der Waals surface area contributed by atoms with Crippen LogP contribution >= 0.6 is 34.8 Å². The fourth-order valence-corrected chi connectivity index (χ4v) is 5.90. The molecular weight excluding hydrogens is 409 g/mol. The molecule has 1 heterocycles. The minimum absolute atomic E-state index is 0.101. The van der Waals surface area contributed by atoms with E-state index in [0.717, 1.165) is 44.3 Å². The fourth-order valence-electron chi connectivity index (χ4n) is 5.74. The second-order valence-corrected chi connectivity index (χ2v) is 10.5. The lowest BCUT2D eigenvalue weighted by Crippen LogP contribution is -2.57. The fraction of sp³-hybridized carbons (Fsp3) is 0.650. The predicted octanol–water partition coefficient (Wildman–Crippen LogP) is 5.61. The molecule has 2 unspecified atom stereocenters. The van der Waals surface area contributed by atoms with E-state index in [-0.39, 0.29) is 23.7 Å². The highest BCUT2D eigenvalue weighted by atomic mass is 35.6. The number of nitrogens with zero attached hydrogens (tertiary/aromatic N) is 1. The summed E-state index contributed by atoms with van der Waals surface area (Å²) in [5, 5.41) is 0. The number of carbonyl (C=O) groups excluding carboxylic acids is 1. The van der Waals surface area contributed by atoms with Crippen LogP contribution in [-0.4, -0.2) is 35.0 Å². The van der Waals surface area contributed by atoms with E-state index in [1.165, 1.54) is 17.5 Å². The minimum Gasteiger partial charge on any atom is -0.497 e. The van der Waals surface area contributed by atoms with Crippen LogP contribution in [-0.2, 0) is 16.7 Å². The summed E-state index contributed by atoms with van der Waals surface area (Å²) in [5.41, 5.74) is 2.27. The first-order valence-electron chi connectivity index (χ1n) is 9.50. The number of aryl methyl sites for hydroxylation is 1. The highest BCUT2D eigenvalue weighted by molar-refractivity contribution is 6.67. The molecule has 27 heavy (non-hydrogen) atoms. The summed E-state index contributed by atoms with van der Waals surface area (Å²) >= 11 is 17.4. The van der Waals surface area contributed by atoms with Crippen LogP contribution in [0.1, 0.15) is 49.7 Å². The molecule has 3 aliphatic rings. The quantitative estimate of drug-likeness (QED) is 0.570.